The first-order chi connectivity index (χ1) is 8.03. The number of nitrogens with zero attached hydrogens (tertiary/aromatic N) is 1. The van der Waals surface area contributed by atoms with Gasteiger partial charge in [-0.25, -0.2) is 4.98 Å². The minimum Gasteiger partial charge on any atom is -0.448 e. The number of rotatable bonds is 7. The summed E-state index contributed by atoms with van der Waals surface area (Å²) in [7, 11) is 0. The Balaban J connectivity index is 2.37. The molecule has 0 atom stereocenters. The molecule has 0 radical (unpaired) electrons. The molecule has 0 aliphatic heterocycles. The highest BCUT2D eigenvalue weighted by Crippen LogP contribution is 2.10. The second-order valence-corrected chi connectivity index (χ2v) is 5.19. The van der Waals surface area contributed by atoms with E-state index in [4.69, 9.17) is 9.15 Å². The lowest BCUT2D eigenvalue weighted by Gasteiger charge is -2.19. The topological polar surface area (TPSA) is 47.3 Å². The summed E-state index contributed by atoms with van der Waals surface area (Å²) in [5, 5.41) is 3.40. The molecule has 1 heterocycles. The van der Waals surface area contributed by atoms with E-state index in [1.807, 2.05) is 0 Å². The summed E-state index contributed by atoms with van der Waals surface area (Å²) in [6, 6.07) is 0. The minimum absolute atomic E-state index is 0.0922. The fourth-order valence-electron chi connectivity index (χ4n) is 1.40. The van der Waals surface area contributed by atoms with Crippen LogP contribution >= 0.6 is 0 Å². The van der Waals surface area contributed by atoms with E-state index < -0.39 is 0 Å². The third kappa shape index (κ3) is 5.84. The number of nitrogens with one attached hydrogen (secondary N) is 1. The van der Waals surface area contributed by atoms with E-state index in [-0.39, 0.29) is 5.54 Å². The van der Waals surface area contributed by atoms with Crippen LogP contribution in [-0.2, 0) is 17.7 Å². The Bertz CT molecular complexity index is 315. The van der Waals surface area contributed by atoms with Crippen LogP contribution in [0.1, 0.15) is 45.6 Å². The zero-order valence-electron chi connectivity index (χ0n) is 11.4. The van der Waals surface area contributed by atoms with Gasteiger partial charge in [0.1, 0.15) is 5.76 Å². The monoisotopic (exact) mass is 240 g/mol. The number of hydrogen-bond acceptors (Lipinski definition) is 4. The van der Waals surface area contributed by atoms with Crippen LogP contribution in [-0.4, -0.2) is 23.7 Å². The molecule has 0 saturated heterocycles. The molecule has 1 N–H and O–H groups in total. The second kappa shape index (κ2) is 6.77. The molecule has 0 aromatic carbocycles. The molecule has 17 heavy (non-hydrogen) atoms. The first-order valence-corrected chi connectivity index (χ1v) is 6.27. The number of ether oxygens (including phenoxy) is 1. The Kier molecular flexibility index (Phi) is 5.65. The molecule has 0 fully saturated rings. The molecule has 1 aromatic rings. The largest absolute Gasteiger partial charge is 0.448 e. The van der Waals surface area contributed by atoms with Gasteiger partial charge in [0.05, 0.1) is 12.3 Å². The predicted molar refractivity (Wildman–Crippen MR) is 67.9 cm³/mol. The van der Waals surface area contributed by atoms with E-state index in [0.29, 0.717) is 6.61 Å². The van der Waals surface area contributed by atoms with Crippen molar-refractivity contribution in [2.75, 3.05) is 13.2 Å². The van der Waals surface area contributed by atoms with E-state index in [1.54, 1.807) is 0 Å². The Labute approximate surface area is 104 Å². The SMILES string of the molecule is CCCOCCc1ocnc1CNC(C)(C)C. The Morgan fingerprint density at radius 1 is 1.35 bits per heavy atom. The van der Waals surface area contributed by atoms with Crippen molar-refractivity contribution in [3.63, 3.8) is 0 Å². The Morgan fingerprint density at radius 2 is 2.12 bits per heavy atom. The number of hydrogen-bond donors (Lipinski definition) is 1. The van der Waals surface area contributed by atoms with Gasteiger partial charge in [-0.3, -0.25) is 0 Å². The lowest BCUT2D eigenvalue weighted by atomic mass is 10.1. The summed E-state index contributed by atoms with van der Waals surface area (Å²) in [6.07, 6.45) is 3.35. The van der Waals surface area contributed by atoms with Gasteiger partial charge < -0.3 is 14.5 Å². The maximum absolute atomic E-state index is 5.45. The summed E-state index contributed by atoms with van der Waals surface area (Å²) in [6.45, 7) is 10.8. The molecule has 4 nitrogen and oxygen atoms in total. The van der Waals surface area contributed by atoms with Crippen LogP contribution in [0.3, 0.4) is 0 Å². The summed E-state index contributed by atoms with van der Waals surface area (Å²) < 4.78 is 10.8. The van der Waals surface area contributed by atoms with Crippen LogP contribution in [0.2, 0.25) is 0 Å². The smallest absolute Gasteiger partial charge is 0.181 e. The van der Waals surface area contributed by atoms with Crippen LogP contribution in [0.4, 0.5) is 0 Å². The van der Waals surface area contributed by atoms with Crippen molar-refractivity contribution in [2.24, 2.45) is 0 Å². The summed E-state index contributed by atoms with van der Waals surface area (Å²) in [5.41, 5.74) is 1.08. The predicted octanol–water partition coefficient (Wildman–Crippen LogP) is 2.53. The standard InChI is InChI=1S/C13H24N2O2/c1-5-7-16-8-6-12-11(14-10-17-12)9-15-13(2,3)4/h10,15H,5-9H2,1-4H3. The first-order valence-electron chi connectivity index (χ1n) is 6.27. The van der Waals surface area contributed by atoms with E-state index >= 15 is 0 Å². The van der Waals surface area contributed by atoms with Gasteiger partial charge in [-0.15, -0.1) is 0 Å². The lowest BCUT2D eigenvalue weighted by molar-refractivity contribution is 0.134. The van der Waals surface area contributed by atoms with Crippen LogP contribution in [0.5, 0.6) is 0 Å². The molecular weight excluding hydrogens is 216 g/mol. The van der Waals surface area contributed by atoms with Gasteiger partial charge in [0.15, 0.2) is 6.39 Å². The average Bonchev–Trinajstić information content (AvgIpc) is 2.68. The quantitative estimate of drug-likeness (QED) is 0.744. The van der Waals surface area contributed by atoms with Crippen molar-refractivity contribution in [3.8, 4) is 0 Å². The van der Waals surface area contributed by atoms with Crippen molar-refractivity contribution in [1.29, 1.82) is 0 Å². The highest BCUT2D eigenvalue weighted by molar-refractivity contribution is 5.07. The van der Waals surface area contributed by atoms with Crippen LogP contribution in [0.25, 0.3) is 0 Å². The molecule has 0 spiro atoms. The van der Waals surface area contributed by atoms with Crippen molar-refractivity contribution < 1.29 is 9.15 Å². The molecule has 98 valence electrons. The van der Waals surface area contributed by atoms with Gasteiger partial charge in [-0.1, -0.05) is 6.92 Å². The molecule has 0 amide bonds. The molecule has 0 saturated carbocycles. The molecular formula is C13H24N2O2. The maximum atomic E-state index is 5.45. The van der Waals surface area contributed by atoms with E-state index in [2.05, 4.69) is 38.0 Å². The van der Waals surface area contributed by atoms with E-state index in [9.17, 15) is 0 Å². The van der Waals surface area contributed by atoms with Gasteiger partial charge >= 0.3 is 0 Å². The molecule has 1 aromatic heterocycles. The fraction of sp³-hybridized carbons (Fsp3) is 0.769. The fourth-order valence-corrected chi connectivity index (χ4v) is 1.40. The Hall–Kier alpha value is -0.870. The zero-order valence-corrected chi connectivity index (χ0v) is 11.4. The summed E-state index contributed by atoms with van der Waals surface area (Å²) in [5.74, 6) is 0.929. The van der Waals surface area contributed by atoms with Crippen LogP contribution in [0, 0.1) is 0 Å². The minimum atomic E-state index is 0.0922. The third-order valence-corrected chi connectivity index (χ3v) is 2.33. The number of oxazole rings is 1. The van der Waals surface area contributed by atoms with Crippen LogP contribution < -0.4 is 5.32 Å². The highest BCUT2D eigenvalue weighted by Gasteiger charge is 2.13. The third-order valence-electron chi connectivity index (χ3n) is 2.33. The van der Waals surface area contributed by atoms with E-state index in [1.165, 1.54) is 6.39 Å². The van der Waals surface area contributed by atoms with Gasteiger partial charge in [-0.2, -0.15) is 0 Å². The van der Waals surface area contributed by atoms with Gasteiger partial charge in [0, 0.05) is 25.1 Å². The molecule has 0 unspecified atom stereocenters. The molecule has 0 aliphatic rings. The molecule has 0 aliphatic carbocycles. The average molecular weight is 240 g/mol. The van der Waals surface area contributed by atoms with Crippen molar-refractivity contribution in [2.45, 2.75) is 52.6 Å². The van der Waals surface area contributed by atoms with Gasteiger partial charge in [0.25, 0.3) is 0 Å². The van der Waals surface area contributed by atoms with Gasteiger partial charge in [0.2, 0.25) is 0 Å². The van der Waals surface area contributed by atoms with Crippen molar-refractivity contribution in [3.05, 3.63) is 17.8 Å². The summed E-state index contributed by atoms with van der Waals surface area (Å²) >= 11 is 0. The maximum Gasteiger partial charge on any atom is 0.181 e. The van der Waals surface area contributed by atoms with Crippen molar-refractivity contribution in [1.82, 2.24) is 10.3 Å². The van der Waals surface area contributed by atoms with Gasteiger partial charge in [-0.05, 0) is 27.2 Å². The summed E-state index contributed by atoms with van der Waals surface area (Å²) in [4.78, 5) is 4.23. The Morgan fingerprint density at radius 3 is 2.76 bits per heavy atom. The van der Waals surface area contributed by atoms with Crippen molar-refractivity contribution >= 4 is 0 Å². The molecule has 1 rings (SSSR count). The second-order valence-electron chi connectivity index (χ2n) is 5.19. The first kappa shape index (κ1) is 14.2. The normalized spacial score (nSPS) is 12.0. The highest BCUT2D eigenvalue weighted by atomic mass is 16.5. The van der Waals surface area contributed by atoms with Crippen LogP contribution in [0.15, 0.2) is 10.8 Å². The zero-order chi connectivity index (χ0) is 12.7. The lowest BCUT2D eigenvalue weighted by Crippen LogP contribution is -2.35. The molecule has 0 bridgehead atoms. The van der Waals surface area contributed by atoms with E-state index in [0.717, 1.165) is 37.4 Å². The molecule has 4 heteroatoms. The number of aromatic nitrogens is 1.